The van der Waals surface area contributed by atoms with E-state index in [-0.39, 0.29) is 17.9 Å². The Bertz CT molecular complexity index is 521. The number of ether oxygens (including phenoxy) is 1. The van der Waals surface area contributed by atoms with Crippen LogP contribution in [-0.2, 0) is 20.3 Å². The lowest BCUT2D eigenvalue weighted by Crippen LogP contribution is -2.57. The van der Waals surface area contributed by atoms with Gasteiger partial charge >= 0.3 is 0 Å². The van der Waals surface area contributed by atoms with Gasteiger partial charge in [-0.1, -0.05) is 24.3 Å². The number of allylic oxidation sites excluding steroid dienone is 2. The van der Waals surface area contributed by atoms with Crippen LogP contribution < -0.4 is 5.32 Å². The predicted octanol–water partition coefficient (Wildman–Crippen LogP) is 0.495. The molecule has 0 aromatic carbocycles. The van der Waals surface area contributed by atoms with Crippen LogP contribution in [0.25, 0.3) is 0 Å². The van der Waals surface area contributed by atoms with Crippen molar-refractivity contribution < 1.29 is 13.7 Å². The van der Waals surface area contributed by atoms with E-state index in [1.54, 1.807) is 6.26 Å². The van der Waals surface area contributed by atoms with Crippen LogP contribution in [0.2, 0.25) is 0 Å². The van der Waals surface area contributed by atoms with Crippen LogP contribution in [0.3, 0.4) is 0 Å². The van der Waals surface area contributed by atoms with Gasteiger partial charge in [0.2, 0.25) is 5.91 Å². The summed E-state index contributed by atoms with van der Waals surface area (Å²) in [5.41, 5.74) is -0.436. The minimum absolute atomic E-state index is 0.0184. The summed E-state index contributed by atoms with van der Waals surface area (Å²) in [6, 6.07) is 0.0530. The molecule has 6 heteroatoms. The van der Waals surface area contributed by atoms with Gasteiger partial charge < -0.3 is 15.0 Å². The summed E-state index contributed by atoms with van der Waals surface area (Å²) >= 11 is 0. The molecule has 1 aliphatic carbocycles. The van der Waals surface area contributed by atoms with Gasteiger partial charge in [-0.05, 0) is 6.92 Å². The van der Waals surface area contributed by atoms with Crippen LogP contribution in [0, 0.1) is 5.92 Å². The third-order valence-corrected chi connectivity index (χ3v) is 5.60. The molecular formula is C14H18N2O3S. The molecule has 1 N–H and O–H groups in total. The Labute approximate surface area is 120 Å². The van der Waals surface area contributed by atoms with Gasteiger partial charge in [-0.15, -0.1) is 0 Å². The van der Waals surface area contributed by atoms with Gasteiger partial charge in [-0.3, -0.25) is 9.00 Å². The van der Waals surface area contributed by atoms with E-state index in [4.69, 9.17) is 4.74 Å². The Morgan fingerprint density at radius 3 is 2.90 bits per heavy atom. The Morgan fingerprint density at radius 2 is 2.25 bits per heavy atom. The molecule has 2 aliphatic heterocycles. The number of carbonyl (C=O) groups excluding carboxylic acids is 1. The van der Waals surface area contributed by atoms with E-state index in [1.165, 1.54) is 0 Å². The summed E-state index contributed by atoms with van der Waals surface area (Å²) in [5.74, 6) is 0.839. The van der Waals surface area contributed by atoms with Crippen molar-refractivity contribution in [1.82, 2.24) is 10.2 Å². The summed E-state index contributed by atoms with van der Waals surface area (Å²) < 4.78 is 16.4. The lowest BCUT2D eigenvalue weighted by atomic mass is 9.80. The van der Waals surface area contributed by atoms with Crippen molar-refractivity contribution in [3.05, 3.63) is 36.8 Å². The second-order valence-electron chi connectivity index (χ2n) is 5.48. The van der Waals surface area contributed by atoms with Gasteiger partial charge in [0, 0.05) is 28.5 Å². The Kier molecular flexibility index (Phi) is 3.41. The fourth-order valence-corrected chi connectivity index (χ4v) is 3.67. The van der Waals surface area contributed by atoms with Gasteiger partial charge in [0.25, 0.3) is 0 Å². The molecule has 20 heavy (non-hydrogen) atoms. The molecule has 3 rings (SSSR count). The second-order valence-corrected chi connectivity index (χ2v) is 7.02. The highest BCUT2D eigenvalue weighted by Gasteiger charge is 2.42. The van der Waals surface area contributed by atoms with Crippen LogP contribution >= 0.6 is 0 Å². The first-order valence-corrected chi connectivity index (χ1v) is 8.15. The van der Waals surface area contributed by atoms with Crippen molar-refractivity contribution in [3.8, 4) is 0 Å². The van der Waals surface area contributed by atoms with Gasteiger partial charge in [0.1, 0.15) is 6.26 Å². The summed E-state index contributed by atoms with van der Waals surface area (Å²) in [4.78, 5) is 14.5. The van der Waals surface area contributed by atoms with E-state index < -0.39 is 16.3 Å². The second kappa shape index (κ2) is 5.09. The van der Waals surface area contributed by atoms with Crippen LogP contribution in [0.1, 0.15) is 6.92 Å². The molecule has 2 heterocycles. The standard InChI is InChI=1S/C14H18N2O3S/c1-14(16-6-7-19-10-16)5-3-2-4-12(14)13(17)15-11-8-20(18)9-11/h2-7,11-12H,8-10H2,1H3,(H,15,17). The van der Waals surface area contributed by atoms with E-state index in [0.717, 1.165) is 0 Å². The van der Waals surface area contributed by atoms with Gasteiger partial charge in [0.15, 0.2) is 6.73 Å². The smallest absolute Gasteiger partial charge is 0.229 e. The average molecular weight is 294 g/mol. The fourth-order valence-electron chi connectivity index (χ4n) is 2.71. The third kappa shape index (κ3) is 2.28. The number of nitrogens with zero attached hydrogens (tertiary/aromatic N) is 1. The zero-order valence-corrected chi connectivity index (χ0v) is 12.1. The zero-order chi connectivity index (χ0) is 14.2. The molecule has 0 aromatic heterocycles. The molecule has 0 spiro atoms. The van der Waals surface area contributed by atoms with Crippen molar-refractivity contribution in [2.75, 3.05) is 18.2 Å². The van der Waals surface area contributed by atoms with Crippen molar-refractivity contribution in [2.45, 2.75) is 18.5 Å². The van der Waals surface area contributed by atoms with Crippen LogP contribution in [0.15, 0.2) is 36.8 Å². The molecule has 1 saturated heterocycles. The maximum absolute atomic E-state index is 12.5. The third-order valence-electron chi connectivity index (χ3n) is 4.05. The highest BCUT2D eigenvalue weighted by molar-refractivity contribution is 7.86. The average Bonchev–Trinajstić information content (AvgIpc) is 2.91. The molecule has 1 fully saturated rings. The van der Waals surface area contributed by atoms with Crippen LogP contribution in [-0.4, -0.2) is 44.8 Å². The fraction of sp³-hybridized carbons (Fsp3) is 0.500. The van der Waals surface area contributed by atoms with Crippen molar-refractivity contribution >= 4 is 16.7 Å². The highest BCUT2D eigenvalue weighted by atomic mass is 32.2. The normalized spacial score (nSPS) is 38.5. The summed E-state index contributed by atoms with van der Waals surface area (Å²) in [5, 5.41) is 2.99. The largest absolute Gasteiger partial charge is 0.479 e. The molecule has 1 amide bonds. The SMILES string of the molecule is CC1(N2C=COC2)C=CC=CC1C(=O)NC1CS(=O)C1. The van der Waals surface area contributed by atoms with Crippen molar-refractivity contribution in [1.29, 1.82) is 0 Å². The maximum atomic E-state index is 12.5. The molecule has 0 aromatic rings. The monoisotopic (exact) mass is 294 g/mol. The molecule has 3 aliphatic rings. The van der Waals surface area contributed by atoms with Crippen LogP contribution in [0.4, 0.5) is 0 Å². The van der Waals surface area contributed by atoms with Gasteiger partial charge in [-0.25, -0.2) is 0 Å². The molecule has 0 saturated carbocycles. The van der Waals surface area contributed by atoms with E-state index in [0.29, 0.717) is 18.2 Å². The maximum Gasteiger partial charge on any atom is 0.229 e. The Balaban J connectivity index is 1.73. The number of hydrogen-bond donors (Lipinski definition) is 1. The number of carbonyl (C=O) groups is 1. The summed E-state index contributed by atoms with van der Waals surface area (Å²) in [7, 11) is -0.753. The predicted molar refractivity (Wildman–Crippen MR) is 76.9 cm³/mol. The van der Waals surface area contributed by atoms with E-state index >= 15 is 0 Å². The van der Waals surface area contributed by atoms with E-state index in [1.807, 2.05) is 42.3 Å². The number of hydrogen-bond acceptors (Lipinski definition) is 4. The van der Waals surface area contributed by atoms with E-state index in [2.05, 4.69) is 5.32 Å². The first-order chi connectivity index (χ1) is 9.59. The molecule has 5 nitrogen and oxygen atoms in total. The lowest BCUT2D eigenvalue weighted by Gasteiger charge is -2.42. The summed E-state index contributed by atoms with van der Waals surface area (Å²) in [6.45, 7) is 2.47. The quantitative estimate of drug-likeness (QED) is 0.823. The number of amides is 1. The topological polar surface area (TPSA) is 58.6 Å². The molecular weight excluding hydrogens is 276 g/mol. The first-order valence-electron chi connectivity index (χ1n) is 6.66. The van der Waals surface area contributed by atoms with Crippen molar-refractivity contribution in [2.24, 2.45) is 5.92 Å². The number of rotatable bonds is 3. The molecule has 0 bridgehead atoms. The molecule has 108 valence electrons. The Hall–Kier alpha value is -1.56. The number of nitrogens with one attached hydrogen (secondary N) is 1. The molecule has 2 atom stereocenters. The molecule has 2 unspecified atom stereocenters. The minimum Gasteiger partial charge on any atom is -0.479 e. The highest BCUT2D eigenvalue weighted by Crippen LogP contribution is 2.33. The summed E-state index contributed by atoms with van der Waals surface area (Å²) in [6.07, 6.45) is 11.3. The first kappa shape index (κ1) is 13.4. The lowest BCUT2D eigenvalue weighted by molar-refractivity contribution is -0.127. The zero-order valence-electron chi connectivity index (χ0n) is 11.3. The van der Waals surface area contributed by atoms with Crippen LogP contribution in [0.5, 0.6) is 0 Å². The van der Waals surface area contributed by atoms with E-state index in [9.17, 15) is 9.00 Å². The molecule has 0 radical (unpaired) electrons. The van der Waals surface area contributed by atoms with Crippen molar-refractivity contribution in [3.63, 3.8) is 0 Å². The minimum atomic E-state index is -0.753. The Morgan fingerprint density at radius 1 is 1.45 bits per heavy atom. The van der Waals surface area contributed by atoms with Gasteiger partial charge in [-0.2, -0.15) is 0 Å². The van der Waals surface area contributed by atoms with Gasteiger partial charge in [0.05, 0.1) is 17.5 Å².